The summed E-state index contributed by atoms with van der Waals surface area (Å²) in [5.41, 5.74) is -0.891. The Labute approximate surface area is 91.7 Å². The lowest BCUT2D eigenvalue weighted by molar-refractivity contribution is 0.0369. The molecule has 0 rings (SSSR count). The van der Waals surface area contributed by atoms with E-state index in [4.69, 9.17) is 15.3 Å². The molecule has 4 N–H and O–H groups in total. The van der Waals surface area contributed by atoms with Gasteiger partial charge in [0.15, 0.2) is 0 Å². The summed E-state index contributed by atoms with van der Waals surface area (Å²) in [6.45, 7) is 5.95. The summed E-state index contributed by atoms with van der Waals surface area (Å²) in [7, 11) is 0. The minimum atomic E-state index is -0.951. The molecule has 4 nitrogen and oxygen atoms in total. The Morgan fingerprint density at radius 3 is 1.50 bits per heavy atom. The number of halogens is 1. The number of rotatable bonds is 5. The van der Waals surface area contributed by atoms with Crippen LogP contribution in [-0.4, -0.2) is 47.2 Å². The number of hydrogen-bond donors (Lipinski definition) is 4. The Morgan fingerprint density at radius 1 is 0.929 bits per heavy atom. The first kappa shape index (κ1) is 16.6. The molecule has 0 radical (unpaired) electrons. The van der Waals surface area contributed by atoms with E-state index >= 15 is 0 Å². The predicted octanol–water partition coefficient (Wildman–Crippen LogP) is -0.240. The Balaban J connectivity index is 0. The molecular weight excluding hydrogens is 206 g/mol. The van der Waals surface area contributed by atoms with E-state index in [9.17, 15) is 0 Å². The second-order valence-electron chi connectivity index (χ2n) is 4.67. The van der Waals surface area contributed by atoms with E-state index in [1.807, 2.05) is 20.8 Å². The van der Waals surface area contributed by atoms with Crippen molar-refractivity contribution < 1.29 is 15.3 Å². The summed E-state index contributed by atoms with van der Waals surface area (Å²) >= 11 is 0. The van der Waals surface area contributed by atoms with Crippen LogP contribution in [0.5, 0.6) is 0 Å². The smallest absolute Gasteiger partial charge is 0.0881 e. The average Bonchev–Trinajstić information content (AvgIpc) is 2.06. The lowest BCUT2D eigenvalue weighted by atomic mass is 9.94. The average molecular weight is 228 g/mol. The van der Waals surface area contributed by atoms with Crippen LogP contribution >= 0.6 is 12.4 Å². The van der Waals surface area contributed by atoms with Gasteiger partial charge in [-0.1, -0.05) is 20.8 Å². The molecular formula is C9H22ClNO3. The molecule has 0 aliphatic rings. The van der Waals surface area contributed by atoms with Crippen molar-refractivity contribution in [1.82, 2.24) is 5.32 Å². The summed E-state index contributed by atoms with van der Waals surface area (Å²) < 4.78 is 0. The molecule has 0 aromatic heterocycles. The quantitative estimate of drug-likeness (QED) is 0.523. The summed E-state index contributed by atoms with van der Waals surface area (Å²) in [6.07, 6.45) is 0. The van der Waals surface area contributed by atoms with Gasteiger partial charge in [-0.2, -0.15) is 0 Å². The summed E-state index contributed by atoms with van der Waals surface area (Å²) in [4.78, 5) is 0. The molecule has 0 spiro atoms. The predicted molar refractivity (Wildman–Crippen MR) is 58.7 cm³/mol. The summed E-state index contributed by atoms with van der Waals surface area (Å²) in [5.74, 6) is 0. The van der Waals surface area contributed by atoms with Gasteiger partial charge < -0.3 is 20.6 Å². The zero-order valence-corrected chi connectivity index (χ0v) is 9.89. The van der Waals surface area contributed by atoms with E-state index < -0.39 is 5.54 Å². The largest absolute Gasteiger partial charge is 0.394 e. The van der Waals surface area contributed by atoms with Gasteiger partial charge in [-0.25, -0.2) is 0 Å². The summed E-state index contributed by atoms with van der Waals surface area (Å²) in [6, 6.07) is 0. The monoisotopic (exact) mass is 227 g/mol. The van der Waals surface area contributed by atoms with Gasteiger partial charge in [0, 0.05) is 6.54 Å². The Kier molecular flexibility index (Phi) is 7.79. The van der Waals surface area contributed by atoms with Crippen LogP contribution in [0, 0.1) is 5.41 Å². The fraction of sp³-hybridized carbons (Fsp3) is 1.00. The van der Waals surface area contributed by atoms with Gasteiger partial charge in [-0.05, 0) is 5.41 Å². The molecule has 0 heterocycles. The van der Waals surface area contributed by atoms with Crippen molar-refractivity contribution >= 4 is 12.4 Å². The van der Waals surface area contributed by atoms with Crippen LogP contribution in [0.3, 0.4) is 0 Å². The number of aliphatic hydroxyl groups excluding tert-OH is 3. The SMILES string of the molecule is CC(C)(C)CNC(CO)(CO)CO.Cl. The zero-order chi connectivity index (χ0) is 10.5. The fourth-order valence-electron chi connectivity index (χ4n) is 0.770. The zero-order valence-electron chi connectivity index (χ0n) is 9.08. The van der Waals surface area contributed by atoms with E-state index in [0.717, 1.165) is 0 Å². The Morgan fingerprint density at radius 2 is 1.29 bits per heavy atom. The molecule has 0 saturated carbocycles. The number of nitrogens with one attached hydrogen (secondary N) is 1. The maximum Gasteiger partial charge on any atom is 0.0881 e. The third-order valence-corrected chi connectivity index (χ3v) is 1.90. The third kappa shape index (κ3) is 5.78. The van der Waals surface area contributed by atoms with Gasteiger partial charge in [-0.3, -0.25) is 0 Å². The molecule has 0 bridgehead atoms. The lowest BCUT2D eigenvalue weighted by Gasteiger charge is -2.32. The first-order chi connectivity index (χ1) is 5.89. The van der Waals surface area contributed by atoms with Crippen molar-refractivity contribution in [1.29, 1.82) is 0 Å². The van der Waals surface area contributed by atoms with Gasteiger partial charge in [0.25, 0.3) is 0 Å². The van der Waals surface area contributed by atoms with Crippen molar-refractivity contribution in [3.8, 4) is 0 Å². The van der Waals surface area contributed by atoms with Crippen LogP contribution < -0.4 is 5.32 Å². The van der Waals surface area contributed by atoms with Crippen LogP contribution in [-0.2, 0) is 0 Å². The van der Waals surface area contributed by atoms with Gasteiger partial charge in [0.1, 0.15) is 0 Å². The lowest BCUT2D eigenvalue weighted by Crippen LogP contribution is -2.56. The Hall–Kier alpha value is 0.130. The maximum absolute atomic E-state index is 8.99. The maximum atomic E-state index is 8.99. The normalized spacial score (nSPS) is 12.4. The molecule has 0 aliphatic carbocycles. The van der Waals surface area contributed by atoms with E-state index in [1.165, 1.54) is 0 Å². The molecule has 0 aromatic rings. The first-order valence-electron chi connectivity index (χ1n) is 4.47. The van der Waals surface area contributed by atoms with Gasteiger partial charge in [0.2, 0.25) is 0 Å². The van der Waals surface area contributed by atoms with Gasteiger partial charge in [0.05, 0.1) is 25.4 Å². The van der Waals surface area contributed by atoms with Crippen LogP contribution in [0.25, 0.3) is 0 Å². The molecule has 14 heavy (non-hydrogen) atoms. The highest BCUT2D eigenvalue weighted by atomic mass is 35.5. The van der Waals surface area contributed by atoms with E-state index in [2.05, 4.69) is 5.32 Å². The van der Waals surface area contributed by atoms with Crippen molar-refractivity contribution in [3.63, 3.8) is 0 Å². The van der Waals surface area contributed by atoms with Crippen LogP contribution in [0.4, 0.5) is 0 Å². The first-order valence-corrected chi connectivity index (χ1v) is 4.47. The third-order valence-electron chi connectivity index (χ3n) is 1.90. The fourth-order valence-corrected chi connectivity index (χ4v) is 0.770. The second kappa shape index (κ2) is 6.58. The molecule has 0 aliphatic heterocycles. The molecule has 5 heteroatoms. The molecule has 0 unspecified atom stereocenters. The minimum absolute atomic E-state index is 0. The van der Waals surface area contributed by atoms with Crippen molar-refractivity contribution in [3.05, 3.63) is 0 Å². The van der Waals surface area contributed by atoms with E-state index in [1.54, 1.807) is 0 Å². The highest BCUT2D eigenvalue weighted by molar-refractivity contribution is 5.85. The molecule has 0 atom stereocenters. The van der Waals surface area contributed by atoms with E-state index in [-0.39, 0.29) is 37.6 Å². The van der Waals surface area contributed by atoms with Crippen LogP contribution in [0.1, 0.15) is 20.8 Å². The molecule has 0 amide bonds. The molecule has 0 fully saturated rings. The van der Waals surface area contributed by atoms with Crippen LogP contribution in [0.15, 0.2) is 0 Å². The topological polar surface area (TPSA) is 72.7 Å². The van der Waals surface area contributed by atoms with Gasteiger partial charge >= 0.3 is 0 Å². The molecule has 88 valence electrons. The molecule has 0 saturated heterocycles. The van der Waals surface area contributed by atoms with Gasteiger partial charge in [-0.15, -0.1) is 12.4 Å². The number of hydrogen-bond acceptors (Lipinski definition) is 4. The van der Waals surface area contributed by atoms with E-state index in [0.29, 0.717) is 6.54 Å². The van der Waals surface area contributed by atoms with Crippen molar-refractivity contribution in [2.75, 3.05) is 26.4 Å². The number of aliphatic hydroxyl groups is 3. The minimum Gasteiger partial charge on any atom is -0.394 e. The second-order valence-corrected chi connectivity index (χ2v) is 4.67. The summed E-state index contributed by atoms with van der Waals surface area (Å²) in [5, 5.41) is 29.9. The van der Waals surface area contributed by atoms with Crippen molar-refractivity contribution in [2.45, 2.75) is 26.3 Å². The van der Waals surface area contributed by atoms with Crippen molar-refractivity contribution in [2.24, 2.45) is 5.41 Å². The molecule has 0 aromatic carbocycles. The Bertz CT molecular complexity index is 135. The van der Waals surface area contributed by atoms with Crippen LogP contribution in [0.2, 0.25) is 0 Å². The standard InChI is InChI=1S/C9H21NO3.ClH/c1-8(2,3)4-10-9(5-11,6-12)7-13;/h10-13H,4-7H2,1-3H3;1H. The highest BCUT2D eigenvalue weighted by Crippen LogP contribution is 2.13. The highest BCUT2D eigenvalue weighted by Gasteiger charge is 2.28.